The molecule has 0 aromatic carbocycles. The fourth-order valence-corrected chi connectivity index (χ4v) is 0.647. The zero-order valence-corrected chi connectivity index (χ0v) is 5.85. The van der Waals surface area contributed by atoms with Crippen molar-refractivity contribution in [3.05, 3.63) is 18.2 Å². The number of aromatic amines is 1. The SMILES string of the molecule is O=C(Cc1ncc[nH]1)C(F)(F)F. The second kappa shape index (κ2) is 2.96. The zero-order chi connectivity index (χ0) is 9.19. The van der Waals surface area contributed by atoms with Crippen LogP contribution in [0.2, 0.25) is 0 Å². The summed E-state index contributed by atoms with van der Waals surface area (Å²) in [6, 6.07) is 0. The van der Waals surface area contributed by atoms with Crippen LogP contribution in [0.15, 0.2) is 12.4 Å². The second-order valence-electron chi connectivity index (χ2n) is 2.13. The van der Waals surface area contributed by atoms with Crippen LogP contribution in [0.4, 0.5) is 13.2 Å². The molecule has 66 valence electrons. The van der Waals surface area contributed by atoms with E-state index in [9.17, 15) is 18.0 Å². The molecule has 1 heterocycles. The predicted octanol–water partition coefficient (Wildman–Crippen LogP) is 1.08. The molecule has 1 aromatic heterocycles. The lowest BCUT2D eigenvalue weighted by atomic mass is 10.3. The largest absolute Gasteiger partial charge is 0.450 e. The molecule has 1 N–H and O–H groups in total. The Balaban J connectivity index is 2.60. The summed E-state index contributed by atoms with van der Waals surface area (Å²) in [6.07, 6.45) is -2.85. The normalized spacial score (nSPS) is 11.6. The van der Waals surface area contributed by atoms with E-state index >= 15 is 0 Å². The smallest absolute Gasteiger partial charge is 0.348 e. The number of hydrogen-bond donors (Lipinski definition) is 1. The Morgan fingerprint density at radius 3 is 2.67 bits per heavy atom. The summed E-state index contributed by atoms with van der Waals surface area (Å²) in [5.74, 6) is -1.77. The van der Waals surface area contributed by atoms with Crippen LogP contribution in [0.5, 0.6) is 0 Å². The fourth-order valence-electron chi connectivity index (χ4n) is 0.647. The number of rotatable bonds is 2. The maximum Gasteiger partial charge on any atom is 0.450 e. The third-order valence-electron chi connectivity index (χ3n) is 1.20. The van der Waals surface area contributed by atoms with E-state index in [1.165, 1.54) is 12.4 Å². The second-order valence-corrected chi connectivity index (χ2v) is 2.13. The van der Waals surface area contributed by atoms with Gasteiger partial charge < -0.3 is 4.98 Å². The van der Waals surface area contributed by atoms with Gasteiger partial charge >= 0.3 is 6.18 Å². The average Bonchev–Trinajstić information content (AvgIpc) is 2.37. The van der Waals surface area contributed by atoms with Crippen LogP contribution < -0.4 is 0 Å². The number of aromatic nitrogens is 2. The molecule has 0 aliphatic heterocycles. The Bertz CT molecular complexity index is 265. The molecule has 0 unspecified atom stereocenters. The monoisotopic (exact) mass is 178 g/mol. The highest BCUT2D eigenvalue weighted by Crippen LogP contribution is 2.17. The molecule has 12 heavy (non-hydrogen) atoms. The predicted molar refractivity (Wildman–Crippen MR) is 33.4 cm³/mol. The molecular weight excluding hydrogens is 173 g/mol. The van der Waals surface area contributed by atoms with E-state index in [2.05, 4.69) is 9.97 Å². The van der Waals surface area contributed by atoms with Crippen molar-refractivity contribution in [2.45, 2.75) is 12.6 Å². The van der Waals surface area contributed by atoms with Crippen LogP contribution in [-0.4, -0.2) is 21.9 Å². The minimum atomic E-state index is -4.77. The minimum Gasteiger partial charge on any atom is -0.348 e. The third-order valence-corrected chi connectivity index (χ3v) is 1.20. The Hall–Kier alpha value is -1.33. The van der Waals surface area contributed by atoms with Crippen molar-refractivity contribution in [2.75, 3.05) is 0 Å². The number of Topliss-reactive ketones (excluding diaryl/α,β-unsaturated/α-hetero) is 1. The van der Waals surface area contributed by atoms with Gasteiger partial charge in [-0.25, -0.2) is 4.98 Å². The van der Waals surface area contributed by atoms with Crippen LogP contribution in [0.25, 0.3) is 0 Å². The maximum absolute atomic E-state index is 11.6. The summed E-state index contributed by atoms with van der Waals surface area (Å²) in [5, 5.41) is 0. The molecule has 1 rings (SSSR count). The van der Waals surface area contributed by atoms with Gasteiger partial charge in [0.05, 0.1) is 6.42 Å². The number of ketones is 1. The Labute approximate surface area is 65.6 Å². The van der Waals surface area contributed by atoms with Gasteiger partial charge in [-0.15, -0.1) is 0 Å². The first-order valence-electron chi connectivity index (χ1n) is 3.08. The lowest BCUT2D eigenvalue weighted by Crippen LogP contribution is -2.24. The number of hydrogen-bond acceptors (Lipinski definition) is 2. The summed E-state index contributed by atoms with van der Waals surface area (Å²) in [4.78, 5) is 16.2. The summed E-state index contributed by atoms with van der Waals surface area (Å²) in [5.41, 5.74) is 0. The molecule has 0 saturated carbocycles. The van der Waals surface area contributed by atoms with Crippen molar-refractivity contribution in [1.82, 2.24) is 9.97 Å². The molecule has 0 radical (unpaired) electrons. The Morgan fingerprint density at radius 1 is 1.58 bits per heavy atom. The number of carbonyl (C=O) groups is 1. The number of carbonyl (C=O) groups excluding carboxylic acids is 1. The van der Waals surface area contributed by atoms with E-state index in [-0.39, 0.29) is 5.82 Å². The first kappa shape index (κ1) is 8.76. The molecular formula is C6H5F3N2O. The van der Waals surface area contributed by atoms with Crippen LogP contribution in [-0.2, 0) is 11.2 Å². The number of alkyl halides is 3. The van der Waals surface area contributed by atoms with Crippen molar-refractivity contribution in [3.63, 3.8) is 0 Å². The molecule has 0 aliphatic rings. The Morgan fingerprint density at radius 2 is 2.25 bits per heavy atom. The van der Waals surface area contributed by atoms with E-state index in [1.54, 1.807) is 0 Å². The quantitative estimate of drug-likeness (QED) is 0.736. The summed E-state index contributed by atoms with van der Waals surface area (Å²) in [7, 11) is 0. The molecule has 0 atom stereocenters. The van der Waals surface area contributed by atoms with Crippen molar-refractivity contribution in [3.8, 4) is 0 Å². The number of halogens is 3. The molecule has 0 fully saturated rings. The van der Waals surface area contributed by atoms with Crippen molar-refractivity contribution in [2.24, 2.45) is 0 Å². The molecule has 0 spiro atoms. The van der Waals surface area contributed by atoms with Gasteiger partial charge in [-0.3, -0.25) is 4.79 Å². The molecule has 3 nitrogen and oxygen atoms in total. The van der Waals surface area contributed by atoms with Gasteiger partial charge in [0, 0.05) is 12.4 Å². The fraction of sp³-hybridized carbons (Fsp3) is 0.333. The van der Waals surface area contributed by atoms with Gasteiger partial charge in [-0.1, -0.05) is 0 Å². The zero-order valence-electron chi connectivity index (χ0n) is 5.85. The molecule has 0 bridgehead atoms. The van der Waals surface area contributed by atoms with Crippen LogP contribution >= 0.6 is 0 Å². The standard InChI is InChI=1S/C6H5F3N2O/c7-6(8,9)4(12)3-5-10-1-2-11-5/h1-2H,3H2,(H,10,11). The van der Waals surface area contributed by atoms with Gasteiger partial charge in [0.25, 0.3) is 0 Å². The molecule has 1 aromatic rings. The van der Waals surface area contributed by atoms with E-state index in [4.69, 9.17) is 0 Å². The van der Waals surface area contributed by atoms with Gasteiger partial charge in [0.15, 0.2) is 0 Å². The van der Waals surface area contributed by atoms with Gasteiger partial charge in [-0.2, -0.15) is 13.2 Å². The van der Waals surface area contributed by atoms with Gasteiger partial charge in [0.1, 0.15) is 5.82 Å². The van der Waals surface area contributed by atoms with Crippen LogP contribution in [0, 0.1) is 0 Å². The summed E-state index contributed by atoms with van der Waals surface area (Å²) in [6.45, 7) is 0. The van der Waals surface area contributed by atoms with E-state index in [0.717, 1.165) is 0 Å². The summed E-state index contributed by atoms with van der Waals surface area (Å²) < 4.78 is 34.9. The molecule has 0 saturated heterocycles. The molecule has 6 heteroatoms. The highest BCUT2D eigenvalue weighted by atomic mass is 19.4. The van der Waals surface area contributed by atoms with Gasteiger partial charge in [0.2, 0.25) is 5.78 Å². The van der Waals surface area contributed by atoms with Crippen LogP contribution in [0.1, 0.15) is 5.82 Å². The van der Waals surface area contributed by atoms with Crippen molar-refractivity contribution >= 4 is 5.78 Å². The molecule has 0 amide bonds. The van der Waals surface area contributed by atoms with Crippen molar-refractivity contribution < 1.29 is 18.0 Å². The Kier molecular flexibility index (Phi) is 2.16. The van der Waals surface area contributed by atoms with E-state index in [1.807, 2.05) is 0 Å². The third kappa shape index (κ3) is 2.08. The van der Waals surface area contributed by atoms with E-state index < -0.39 is 18.4 Å². The maximum atomic E-state index is 11.6. The lowest BCUT2D eigenvalue weighted by Gasteiger charge is -2.01. The summed E-state index contributed by atoms with van der Waals surface area (Å²) >= 11 is 0. The van der Waals surface area contributed by atoms with E-state index in [0.29, 0.717) is 0 Å². The first-order chi connectivity index (χ1) is 5.50. The number of imidazole rings is 1. The lowest BCUT2D eigenvalue weighted by molar-refractivity contribution is -0.170. The van der Waals surface area contributed by atoms with Crippen LogP contribution in [0.3, 0.4) is 0 Å². The van der Waals surface area contributed by atoms with Crippen molar-refractivity contribution in [1.29, 1.82) is 0 Å². The number of nitrogens with zero attached hydrogens (tertiary/aromatic N) is 1. The number of H-pyrrole nitrogens is 1. The van der Waals surface area contributed by atoms with Gasteiger partial charge in [-0.05, 0) is 0 Å². The highest BCUT2D eigenvalue weighted by Gasteiger charge is 2.38. The minimum absolute atomic E-state index is 0.0253. The highest BCUT2D eigenvalue weighted by molar-refractivity contribution is 5.85. The topological polar surface area (TPSA) is 45.8 Å². The molecule has 0 aliphatic carbocycles. The first-order valence-corrected chi connectivity index (χ1v) is 3.08. The average molecular weight is 178 g/mol. The number of nitrogens with one attached hydrogen (secondary N) is 1.